The van der Waals surface area contributed by atoms with Crippen molar-refractivity contribution in [3.63, 3.8) is 0 Å². The fourth-order valence-electron chi connectivity index (χ4n) is 4.29. The summed E-state index contributed by atoms with van der Waals surface area (Å²) in [6.07, 6.45) is 25.7. The fourth-order valence-corrected chi connectivity index (χ4v) is 5.38. The van der Waals surface area contributed by atoms with Crippen molar-refractivity contribution >= 4 is 8.03 Å². The van der Waals surface area contributed by atoms with E-state index in [9.17, 15) is 9.46 Å². The van der Waals surface area contributed by atoms with Gasteiger partial charge in [-0.05, 0) is 25.7 Å². The molecule has 3 nitrogen and oxygen atoms in total. The van der Waals surface area contributed by atoms with Gasteiger partial charge in [-0.1, -0.05) is 101 Å². The van der Waals surface area contributed by atoms with Crippen LogP contribution in [0.25, 0.3) is 0 Å². The molecule has 2 unspecified atom stereocenters. The molecule has 0 fully saturated rings. The number of hydrogen-bond donors (Lipinski definition) is 0. The Morgan fingerprint density at radius 3 is 1.52 bits per heavy atom. The quantitative estimate of drug-likeness (QED) is 0.0861. The van der Waals surface area contributed by atoms with Crippen molar-refractivity contribution in [3.8, 4) is 0 Å². The molecule has 0 N–H and O–H groups in total. The molecule has 29 heavy (non-hydrogen) atoms. The molecular weight excluding hydrogens is 377 g/mol. The van der Waals surface area contributed by atoms with Gasteiger partial charge in [0, 0.05) is 12.8 Å². The summed E-state index contributed by atoms with van der Waals surface area (Å²) in [6, 6.07) is 0. The average molecular weight is 429 g/mol. The first kappa shape index (κ1) is 28.8. The van der Waals surface area contributed by atoms with Gasteiger partial charge in [0.25, 0.3) is 5.28 Å². The van der Waals surface area contributed by atoms with Crippen molar-refractivity contribution in [3.05, 3.63) is 12.2 Å². The Labute approximate surface area is 183 Å². The lowest BCUT2D eigenvalue weighted by atomic mass is 10.0. The highest BCUT2D eigenvalue weighted by Gasteiger charge is 2.52. The van der Waals surface area contributed by atoms with Crippen LogP contribution in [0.4, 0.5) is 0 Å². The van der Waals surface area contributed by atoms with E-state index in [0.29, 0.717) is 10.9 Å². The molecule has 0 aliphatic rings. The molecule has 172 valence electrons. The summed E-state index contributed by atoms with van der Waals surface area (Å²) >= 11 is 0. The predicted molar refractivity (Wildman–Crippen MR) is 127 cm³/mol. The second kappa shape index (κ2) is 17.4. The maximum atomic E-state index is 11.9. The standard InChI is InChI=1S/C25H51NO2P/c1-6-8-9-10-11-12-13-14-15-16-17-18-19-20-21-22-23-24-25(7-2,29(27)28)26(3,4)5/h9-10H,6-8,11-24H2,1-5H3/q+1/b10-9-. The SMILES string of the molecule is CCC/C=C\CCCCCCCCCCCCCCC(CC)([P+](=O)[O-])[N+](C)(C)C. The first-order chi connectivity index (χ1) is 13.8. The van der Waals surface area contributed by atoms with E-state index in [1.54, 1.807) is 0 Å². The Balaban J connectivity index is 3.57. The van der Waals surface area contributed by atoms with Gasteiger partial charge in [0.15, 0.2) is 0 Å². The molecule has 0 rings (SSSR count). The van der Waals surface area contributed by atoms with Gasteiger partial charge >= 0.3 is 8.03 Å². The Morgan fingerprint density at radius 1 is 0.724 bits per heavy atom. The van der Waals surface area contributed by atoms with Gasteiger partial charge in [0.1, 0.15) is 0 Å². The number of quaternary nitrogens is 1. The van der Waals surface area contributed by atoms with Crippen molar-refractivity contribution in [1.29, 1.82) is 0 Å². The minimum absolute atomic E-state index is 0.512. The second-order valence-corrected chi connectivity index (χ2v) is 11.0. The van der Waals surface area contributed by atoms with E-state index in [1.165, 1.54) is 83.5 Å². The molecule has 4 heteroatoms. The number of allylic oxidation sites excluding steroid dienone is 2. The van der Waals surface area contributed by atoms with Crippen LogP contribution in [0.2, 0.25) is 0 Å². The average Bonchev–Trinajstić information content (AvgIpc) is 2.66. The highest BCUT2D eigenvalue weighted by Crippen LogP contribution is 2.44. The second-order valence-electron chi connectivity index (χ2n) is 9.65. The van der Waals surface area contributed by atoms with E-state index < -0.39 is 13.3 Å². The third-order valence-corrected chi connectivity index (χ3v) is 8.29. The van der Waals surface area contributed by atoms with Gasteiger partial charge < -0.3 is 4.89 Å². The Kier molecular flexibility index (Phi) is 17.3. The van der Waals surface area contributed by atoms with Crippen LogP contribution in [0, 0.1) is 0 Å². The highest BCUT2D eigenvalue weighted by atomic mass is 31.1. The molecule has 2 atom stereocenters. The lowest BCUT2D eigenvalue weighted by Gasteiger charge is -2.39. The normalized spacial score (nSPS) is 15.0. The Morgan fingerprint density at radius 2 is 1.14 bits per heavy atom. The van der Waals surface area contributed by atoms with Gasteiger partial charge in [0.05, 0.1) is 21.1 Å². The van der Waals surface area contributed by atoms with Crippen LogP contribution in [-0.2, 0) is 4.57 Å². The summed E-state index contributed by atoms with van der Waals surface area (Å²) in [7, 11) is 3.63. The molecule has 0 amide bonds. The van der Waals surface area contributed by atoms with Crippen LogP contribution < -0.4 is 4.89 Å². The molecular formula is C25H51NO2P+. The van der Waals surface area contributed by atoms with Crippen molar-refractivity contribution in [2.75, 3.05) is 21.1 Å². The number of unbranched alkanes of at least 4 members (excludes halogenated alkanes) is 13. The topological polar surface area (TPSA) is 40.1 Å². The van der Waals surface area contributed by atoms with Gasteiger partial charge in [-0.25, -0.2) is 0 Å². The molecule has 0 saturated carbocycles. The Bertz CT molecular complexity index is 431. The molecule has 0 aromatic heterocycles. The fraction of sp³-hybridized carbons (Fsp3) is 0.920. The summed E-state index contributed by atoms with van der Waals surface area (Å²) in [5.74, 6) is 0. The molecule has 0 spiro atoms. The maximum absolute atomic E-state index is 11.9. The van der Waals surface area contributed by atoms with Crippen LogP contribution in [0.3, 0.4) is 0 Å². The summed E-state index contributed by atoms with van der Waals surface area (Å²) in [4.78, 5) is 11.9. The molecule has 0 aromatic carbocycles. The highest BCUT2D eigenvalue weighted by molar-refractivity contribution is 7.38. The third-order valence-electron chi connectivity index (χ3n) is 6.47. The van der Waals surface area contributed by atoms with Gasteiger partial charge in [0.2, 0.25) is 0 Å². The van der Waals surface area contributed by atoms with Gasteiger partial charge in [-0.15, -0.1) is 0 Å². The van der Waals surface area contributed by atoms with Gasteiger partial charge in [-0.2, -0.15) is 0 Å². The molecule has 0 bridgehead atoms. The third kappa shape index (κ3) is 12.9. The van der Waals surface area contributed by atoms with Crippen molar-refractivity contribution < 1.29 is 13.9 Å². The summed E-state index contributed by atoms with van der Waals surface area (Å²) < 4.78 is 12.4. The lowest BCUT2D eigenvalue weighted by Crippen LogP contribution is -2.55. The molecule has 0 heterocycles. The number of nitrogens with zero attached hydrogens (tertiary/aromatic N) is 1. The van der Waals surface area contributed by atoms with E-state index in [-0.39, 0.29) is 0 Å². The van der Waals surface area contributed by atoms with Crippen LogP contribution in [0.1, 0.15) is 123 Å². The predicted octanol–water partition coefficient (Wildman–Crippen LogP) is 7.72. The van der Waals surface area contributed by atoms with Crippen LogP contribution in [0.15, 0.2) is 12.2 Å². The molecule has 0 aliphatic carbocycles. The zero-order valence-corrected chi connectivity index (χ0v) is 21.3. The monoisotopic (exact) mass is 428 g/mol. The first-order valence-corrected chi connectivity index (χ1v) is 13.6. The molecule has 0 aromatic rings. The molecule has 0 radical (unpaired) electrons. The smallest absolute Gasteiger partial charge is 0.376 e. The van der Waals surface area contributed by atoms with E-state index in [1.807, 2.05) is 28.1 Å². The largest absolute Gasteiger partial charge is 0.590 e. The van der Waals surface area contributed by atoms with E-state index in [0.717, 1.165) is 19.3 Å². The van der Waals surface area contributed by atoms with Crippen LogP contribution in [-0.4, -0.2) is 30.9 Å². The number of hydrogen-bond acceptors (Lipinski definition) is 2. The van der Waals surface area contributed by atoms with Crippen molar-refractivity contribution in [2.24, 2.45) is 0 Å². The number of rotatable bonds is 20. The van der Waals surface area contributed by atoms with Crippen molar-refractivity contribution in [2.45, 2.75) is 128 Å². The molecule has 0 aliphatic heterocycles. The van der Waals surface area contributed by atoms with E-state index in [4.69, 9.17) is 0 Å². The van der Waals surface area contributed by atoms with Crippen LogP contribution in [0.5, 0.6) is 0 Å². The van der Waals surface area contributed by atoms with Crippen LogP contribution >= 0.6 is 8.03 Å². The minimum Gasteiger partial charge on any atom is -0.590 e. The first-order valence-electron chi connectivity index (χ1n) is 12.4. The summed E-state index contributed by atoms with van der Waals surface area (Å²) in [5.41, 5.74) is 0. The van der Waals surface area contributed by atoms with E-state index in [2.05, 4.69) is 19.1 Å². The van der Waals surface area contributed by atoms with E-state index >= 15 is 0 Å². The summed E-state index contributed by atoms with van der Waals surface area (Å²) in [6.45, 7) is 4.24. The van der Waals surface area contributed by atoms with Gasteiger partial charge in [-0.3, -0.25) is 4.48 Å². The lowest BCUT2D eigenvalue weighted by molar-refractivity contribution is -0.910. The zero-order valence-electron chi connectivity index (χ0n) is 20.4. The van der Waals surface area contributed by atoms with Crippen molar-refractivity contribution in [1.82, 2.24) is 0 Å². The molecule has 0 saturated heterocycles. The summed E-state index contributed by atoms with van der Waals surface area (Å²) in [5, 5.41) is -0.596. The Hall–Kier alpha value is -0.240. The minimum atomic E-state index is -2.41. The zero-order chi connectivity index (χ0) is 22.0. The maximum Gasteiger partial charge on any atom is 0.376 e.